The van der Waals surface area contributed by atoms with Crippen molar-refractivity contribution >= 4 is 10.0 Å². The van der Waals surface area contributed by atoms with E-state index in [0.717, 1.165) is 19.3 Å². The first-order valence-corrected chi connectivity index (χ1v) is 10.3. The Balaban J connectivity index is 1.51. The summed E-state index contributed by atoms with van der Waals surface area (Å²) < 4.78 is 36.4. The maximum atomic E-state index is 11.7. The fraction of sp³-hybridized carbons (Fsp3) is 0.529. The van der Waals surface area contributed by atoms with E-state index in [2.05, 4.69) is 22.3 Å². The highest BCUT2D eigenvalue weighted by Crippen LogP contribution is 2.50. The molecule has 0 spiro atoms. The van der Waals surface area contributed by atoms with E-state index in [-0.39, 0.29) is 12.0 Å². The quantitative estimate of drug-likeness (QED) is 0.803. The molecule has 1 aliphatic heterocycles. The van der Waals surface area contributed by atoms with Gasteiger partial charge in [-0.25, -0.2) is 8.42 Å². The molecule has 0 bridgehead atoms. The zero-order valence-corrected chi connectivity index (χ0v) is 14.9. The minimum absolute atomic E-state index is 0.0855. The van der Waals surface area contributed by atoms with Gasteiger partial charge in [0.15, 0.2) is 0 Å². The summed E-state index contributed by atoms with van der Waals surface area (Å²) in [5.41, 5.74) is 1.16. The zero-order valence-electron chi connectivity index (χ0n) is 14.1. The summed E-state index contributed by atoms with van der Waals surface area (Å²) in [4.78, 5) is 0. The predicted octanol–water partition coefficient (Wildman–Crippen LogP) is 1.68. The lowest BCUT2D eigenvalue weighted by Crippen LogP contribution is -2.41. The lowest BCUT2D eigenvalue weighted by atomic mass is 9.96. The van der Waals surface area contributed by atoms with Crippen LogP contribution in [-0.2, 0) is 26.6 Å². The number of morpholine rings is 1. The first-order valence-electron chi connectivity index (χ1n) is 8.41. The zero-order chi connectivity index (χ0) is 17.5. The second-order valence-electron chi connectivity index (χ2n) is 6.87. The van der Waals surface area contributed by atoms with Crippen LogP contribution in [0.4, 0.5) is 0 Å². The summed E-state index contributed by atoms with van der Waals surface area (Å²) in [6.45, 7) is 0.894. The van der Waals surface area contributed by atoms with Crippen molar-refractivity contribution in [3.05, 3.63) is 47.7 Å². The molecule has 1 atom stereocenters. The molecule has 2 fully saturated rings. The standard InChI is InChI=1S/C17H21N3O4S/c1-25(21,22)20-9-10-23-14(12-20)15-18-19-16(24-15)17(7-8-17)11-13-5-3-2-4-6-13/h2-6,14H,7-12H2,1H3/t14-/m1/s1. The van der Waals surface area contributed by atoms with Crippen molar-refractivity contribution < 1.29 is 17.6 Å². The number of sulfonamides is 1. The van der Waals surface area contributed by atoms with E-state index in [1.165, 1.54) is 16.1 Å². The second kappa shape index (κ2) is 6.19. The lowest BCUT2D eigenvalue weighted by molar-refractivity contribution is -0.0178. The maximum Gasteiger partial charge on any atom is 0.246 e. The Morgan fingerprint density at radius 1 is 1.24 bits per heavy atom. The van der Waals surface area contributed by atoms with Crippen molar-refractivity contribution in [2.24, 2.45) is 0 Å². The molecule has 0 N–H and O–H groups in total. The summed E-state index contributed by atoms with van der Waals surface area (Å²) in [6.07, 6.45) is 3.61. The van der Waals surface area contributed by atoms with Crippen LogP contribution in [-0.4, -0.2) is 48.9 Å². The van der Waals surface area contributed by atoms with Gasteiger partial charge < -0.3 is 9.15 Å². The van der Waals surface area contributed by atoms with E-state index < -0.39 is 16.1 Å². The average molecular weight is 363 g/mol. The van der Waals surface area contributed by atoms with E-state index in [1.807, 2.05) is 18.2 Å². The van der Waals surface area contributed by atoms with Gasteiger partial charge in [-0.05, 0) is 24.8 Å². The van der Waals surface area contributed by atoms with Crippen LogP contribution in [0.5, 0.6) is 0 Å². The molecule has 2 aromatic rings. The van der Waals surface area contributed by atoms with Crippen molar-refractivity contribution in [2.45, 2.75) is 30.8 Å². The minimum atomic E-state index is -3.25. The largest absolute Gasteiger partial charge is 0.422 e. The summed E-state index contributed by atoms with van der Waals surface area (Å²) in [5.74, 6) is 0.995. The second-order valence-corrected chi connectivity index (χ2v) is 8.85. The Hall–Kier alpha value is -1.77. The first-order chi connectivity index (χ1) is 12.0. The Morgan fingerprint density at radius 3 is 2.68 bits per heavy atom. The number of nitrogens with zero attached hydrogens (tertiary/aromatic N) is 3. The number of ether oxygens (including phenoxy) is 1. The van der Waals surface area contributed by atoms with Gasteiger partial charge in [-0.1, -0.05) is 30.3 Å². The smallest absolute Gasteiger partial charge is 0.246 e. The molecule has 0 amide bonds. The highest BCUT2D eigenvalue weighted by Gasteiger charge is 2.49. The molecule has 1 saturated heterocycles. The molecule has 1 aliphatic carbocycles. The van der Waals surface area contributed by atoms with Crippen LogP contribution in [0.15, 0.2) is 34.7 Å². The summed E-state index contributed by atoms with van der Waals surface area (Å²) >= 11 is 0. The highest BCUT2D eigenvalue weighted by molar-refractivity contribution is 7.88. The van der Waals surface area contributed by atoms with E-state index in [4.69, 9.17) is 9.15 Å². The summed E-state index contributed by atoms with van der Waals surface area (Å²) in [7, 11) is -3.25. The van der Waals surface area contributed by atoms with Crippen molar-refractivity contribution in [3.8, 4) is 0 Å². The van der Waals surface area contributed by atoms with Crippen molar-refractivity contribution in [3.63, 3.8) is 0 Å². The van der Waals surface area contributed by atoms with Crippen molar-refractivity contribution in [2.75, 3.05) is 26.0 Å². The molecule has 8 heteroatoms. The third-order valence-electron chi connectivity index (χ3n) is 4.91. The predicted molar refractivity (Wildman–Crippen MR) is 90.5 cm³/mol. The SMILES string of the molecule is CS(=O)(=O)N1CCO[C@@H](c2nnc(C3(Cc4ccccc4)CC3)o2)C1. The van der Waals surface area contributed by atoms with Crippen LogP contribution in [0.25, 0.3) is 0 Å². The van der Waals surface area contributed by atoms with Crippen molar-refractivity contribution in [1.29, 1.82) is 0 Å². The van der Waals surface area contributed by atoms with E-state index in [1.54, 1.807) is 0 Å². The van der Waals surface area contributed by atoms with E-state index in [9.17, 15) is 8.42 Å². The van der Waals surface area contributed by atoms with Crippen molar-refractivity contribution in [1.82, 2.24) is 14.5 Å². The van der Waals surface area contributed by atoms with Crippen LogP contribution < -0.4 is 0 Å². The van der Waals surface area contributed by atoms with Crippen LogP contribution in [0.1, 0.15) is 36.3 Å². The minimum Gasteiger partial charge on any atom is -0.422 e. The Labute approximate surface area is 147 Å². The molecule has 0 radical (unpaired) electrons. The fourth-order valence-electron chi connectivity index (χ4n) is 3.26. The Morgan fingerprint density at radius 2 is 2.00 bits per heavy atom. The lowest BCUT2D eigenvalue weighted by Gasteiger charge is -2.29. The number of rotatable bonds is 5. The first kappa shape index (κ1) is 16.7. The number of benzene rings is 1. The van der Waals surface area contributed by atoms with Crippen LogP contribution in [0, 0.1) is 0 Å². The molecule has 1 saturated carbocycles. The third-order valence-corrected chi connectivity index (χ3v) is 6.18. The fourth-order valence-corrected chi connectivity index (χ4v) is 4.07. The molecule has 7 nitrogen and oxygen atoms in total. The van der Waals surface area contributed by atoms with E-state index >= 15 is 0 Å². The summed E-state index contributed by atoms with van der Waals surface area (Å²) in [5, 5.41) is 8.39. The molecule has 25 heavy (non-hydrogen) atoms. The van der Waals surface area contributed by atoms with Crippen LogP contribution in [0.2, 0.25) is 0 Å². The van der Waals surface area contributed by atoms with Gasteiger partial charge in [0.25, 0.3) is 0 Å². The molecule has 2 aliphatic rings. The number of aromatic nitrogens is 2. The molecule has 134 valence electrons. The average Bonchev–Trinajstić information content (AvgIpc) is 3.20. The van der Waals surface area contributed by atoms with Gasteiger partial charge in [0.1, 0.15) is 6.10 Å². The van der Waals surface area contributed by atoms with Gasteiger partial charge in [0.05, 0.1) is 18.3 Å². The molecule has 4 rings (SSSR count). The van der Waals surface area contributed by atoms with Gasteiger partial charge in [0.2, 0.25) is 21.8 Å². The molecular weight excluding hydrogens is 342 g/mol. The molecule has 0 unspecified atom stereocenters. The van der Waals surface area contributed by atoms with Crippen LogP contribution >= 0.6 is 0 Å². The van der Waals surface area contributed by atoms with Gasteiger partial charge in [0, 0.05) is 13.1 Å². The van der Waals surface area contributed by atoms with Crippen LogP contribution in [0.3, 0.4) is 0 Å². The third kappa shape index (κ3) is 3.47. The van der Waals surface area contributed by atoms with Gasteiger partial charge in [-0.15, -0.1) is 10.2 Å². The van der Waals surface area contributed by atoms with Gasteiger partial charge in [-0.2, -0.15) is 4.31 Å². The Kier molecular flexibility index (Phi) is 4.13. The number of hydrogen-bond acceptors (Lipinski definition) is 6. The normalized spacial score (nSPS) is 23.5. The molecule has 1 aromatic heterocycles. The van der Waals surface area contributed by atoms with Gasteiger partial charge >= 0.3 is 0 Å². The molecular formula is C17H21N3O4S. The Bertz CT molecular complexity index is 846. The topological polar surface area (TPSA) is 85.5 Å². The van der Waals surface area contributed by atoms with Gasteiger partial charge in [-0.3, -0.25) is 0 Å². The number of hydrogen-bond donors (Lipinski definition) is 0. The molecule has 2 heterocycles. The van der Waals surface area contributed by atoms with E-state index in [0.29, 0.717) is 24.9 Å². The summed E-state index contributed by atoms with van der Waals surface area (Å²) in [6, 6.07) is 10.3. The highest BCUT2D eigenvalue weighted by atomic mass is 32.2. The molecule has 1 aromatic carbocycles. The maximum absolute atomic E-state index is 11.7. The monoisotopic (exact) mass is 363 g/mol.